The van der Waals surface area contributed by atoms with Gasteiger partial charge in [0, 0.05) is 32.1 Å². The van der Waals surface area contributed by atoms with Crippen molar-refractivity contribution in [2.24, 2.45) is 0 Å². The third-order valence-electron chi connectivity index (χ3n) is 3.67. The third kappa shape index (κ3) is 4.60. The molecule has 0 unspecified atom stereocenters. The number of fused-ring (bicyclic) bond motifs is 2. The average molecular weight is 529 g/mol. The zero-order valence-electron chi connectivity index (χ0n) is 14.7. The minimum absolute atomic E-state index is 0.220. The molecule has 0 saturated heterocycles. The molecule has 0 bridgehead atoms. The molecule has 0 aliphatic heterocycles. The summed E-state index contributed by atoms with van der Waals surface area (Å²) in [5.41, 5.74) is 1.00. The van der Waals surface area contributed by atoms with Crippen molar-refractivity contribution in [3.8, 4) is 11.5 Å². The molecule has 0 fully saturated rings. The Morgan fingerprint density at radius 3 is 2.21 bits per heavy atom. The van der Waals surface area contributed by atoms with Crippen LogP contribution in [0.3, 0.4) is 0 Å². The molecular weight excluding hydrogens is 515 g/mol. The van der Waals surface area contributed by atoms with Gasteiger partial charge in [-0.3, -0.25) is 0 Å². The molecule has 7 nitrogen and oxygen atoms in total. The molecule has 0 saturated carbocycles. The first-order valence-corrected chi connectivity index (χ1v) is 9.76. The number of hydrogen-bond acceptors (Lipinski definition) is 6. The highest BCUT2D eigenvalue weighted by Gasteiger charge is 2.06. The fourth-order valence-electron chi connectivity index (χ4n) is 2.48. The van der Waals surface area contributed by atoms with Gasteiger partial charge in [0.05, 0.1) is 19.7 Å². The molecule has 2 aromatic heterocycles. The highest BCUT2D eigenvalue weighted by molar-refractivity contribution is 9.10. The van der Waals surface area contributed by atoms with Crippen LogP contribution in [0.4, 0.5) is 0 Å². The summed E-state index contributed by atoms with van der Waals surface area (Å²) in [5.74, 6) is 1.30. The van der Waals surface area contributed by atoms with Gasteiger partial charge in [0.25, 0.3) is 0 Å². The number of hydrogen-bond donors (Lipinski definition) is 1. The second kappa shape index (κ2) is 8.85. The normalized spacial score (nSPS) is 10.5. The van der Waals surface area contributed by atoms with Crippen molar-refractivity contribution in [3.63, 3.8) is 0 Å². The highest BCUT2D eigenvalue weighted by Crippen LogP contribution is 2.29. The minimum Gasteiger partial charge on any atom is -0.495 e. The quantitative estimate of drug-likeness (QED) is 0.378. The van der Waals surface area contributed by atoms with E-state index in [1.165, 1.54) is 6.20 Å². The molecule has 2 aromatic carbocycles. The van der Waals surface area contributed by atoms with Crippen LogP contribution in [0.15, 0.2) is 50.4 Å². The molecule has 28 heavy (non-hydrogen) atoms. The molecule has 4 aromatic rings. The number of benzene rings is 2. The van der Waals surface area contributed by atoms with E-state index >= 15 is 0 Å². The summed E-state index contributed by atoms with van der Waals surface area (Å²) >= 11 is 12.4. The van der Waals surface area contributed by atoms with Gasteiger partial charge >= 0.3 is 5.69 Å². The molecule has 2 heterocycles. The van der Waals surface area contributed by atoms with Gasteiger partial charge in [-0.25, -0.2) is 19.7 Å². The molecule has 0 aliphatic carbocycles. The number of halogens is 3. The Balaban J connectivity index is 0.000000161. The van der Waals surface area contributed by atoms with Crippen molar-refractivity contribution in [2.45, 2.75) is 0 Å². The van der Waals surface area contributed by atoms with Crippen molar-refractivity contribution in [3.05, 3.63) is 61.4 Å². The Morgan fingerprint density at radius 2 is 1.54 bits per heavy atom. The van der Waals surface area contributed by atoms with Gasteiger partial charge in [-0.15, -0.1) is 0 Å². The summed E-state index contributed by atoms with van der Waals surface area (Å²) in [6.45, 7) is 0. The van der Waals surface area contributed by atoms with E-state index in [-0.39, 0.29) is 11.0 Å². The Labute approximate surface area is 181 Å². The van der Waals surface area contributed by atoms with Gasteiger partial charge in [-0.1, -0.05) is 31.9 Å². The number of H-pyrrole nitrogens is 1. The van der Waals surface area contributed by atoms with Crippen LogP contribution in [0.2, 0.25) is 5.28 Å². The third-order valence-corrected chi connectivity index (χ3v) is 4.77. The molecule has 0 amide bonds. The topological polar surface area (TPSA) is 90.0 Å². The smallest absolute Gasteiger partial charge is 0.345 e. The maximum absolute atomic E-state index is 11.0. The van der Waals surface area contributed by atoms with Gasteiger partial charge in [0.2, 0.25) is 5.28 Å². The zero-order chi connectivity index (χ0) is 20.3. The second-order valence-corrected chi connectivity index (χ2v) is 7.61. The standard InChI is InChI=1S/C9H6BrClN2O.C9H7BrN2O2/c1-14-7-3-6(10)2-5-4-12-9(11)13-8(5)7;1-14-7-3-6(10)2-5-4-11-9(13)12-8(5)7/h2-4H,1H3;2-4H,1H3,(H,11,12,13). The van der Waals surface area contributed by atoms with Crippen LogP contribution < -0.4 is 15.2 Å². The predicted molar refractivity (Wildman–Crippen MR) is 115 cm³/mol. The lowest BCUT2D eigenvalue weighted by Crippen LogP contribution is -2.09. The molecule has 144 valence electrons. The number of aromatic nitrogens is 4. The number of rotatable bonds is 2. The van der Waals surface area contributed by atoms with E-state index in [0.29, 0.717) is 17.0 Å². The molecule has 0 radical (unpaired) electrons. The van der Waals surface area contributed by atoms with Gasteiger partial charge in [0.1, 0.15) is 17.0 Å². The summed E-state index contributed by atoms with van der Waals surface area (Å²) in [6.07, 6.45) is 3.18. The van der Waals surface area contributed by atoms with Crippen molar-refractivity contribution in [1.29, 1.82) is 0 Å². The number of methoxy groups -OCH3 is 2. The SMILES string of the molecule is COc1cc(Br)cc2cnc(=O)[nH]c12.COc1cc(Br)cc2cnc(Cl)nc12. The van der Waals surface area contributed by atoms with Crippen LogP contribution in [-0.2, 0) is 0 Å². The Bertz CT molecular complexity index is 1220. The molecule has 4 rings (SSSR count). The minimum atomic E-state index is -0.377. The second-order valence-electron chi connectivity index (χ2n) is 5.45. The maximum atomic E-state index is 11.0. The van der Waals surface area contributed by atoms with Crippen molar-refractivity contribution >= 4 is 65.3 Å². The van der Waals surface area contributed by atoms with Crippen LogP contribution in [0.25, 0.3) is 21.8 Å². The lowest BCUT2D eigenvalue weighted by atomic mass is 10.2. The van der Waals surface area contributed by atoms with Crippen molar-refractivity contribution in [2.75, 3.05) is 14.2 Å². The van der Waals surface area contributed by atoms with Crippen molar-refractivity contribution < 1.29 is 9.47 Å². The van der Waals surface area contributed by atoms with Crippen LogP contribution in [0, 0.1) is 0 Å². The number of aromatic amines is 1. The van der Waals surface area contributed by atoms with E-state index < -0.39 is 0 Å². The largest absolute Gasteiger partial charge is 0.495 e. The Hall–Kier alpha value is -2.23. The fraction of sp³-hybridized carbons (Fsp3) is 0.111. The van der Waals surface area contributed by atoms with E-state index in [9.17, 15) is 4.79 Å². The molecular formula is C18H13Br2ClN4O3. The molecule has 0 spiro atoms. The van der Waals surface area contributed by atoms with Gasteiger partial charge in [-0.2, -0.15) is 0 Å². The first-order chi connectivity index (χ1) is 13.4. The summed E-state index contributed by atoms with van der Waals surface area (Å²) < 4.78 is 12.1. The van der Waals surface area contributed by atoms with E-state index in [1.807, 2.05) is 18.2 Å². The van der Waals surface area contributed by atoms with E-state index in [4.69, 9.17) is 21.1 Å². The summed E-state index contributed by atoms with van der Waals surface area (Å²) in [4.78, 5) is 25.3. The van der Waals surface area contributed by atoms with E-state index in [0.717, 1.165) is 25.2 Å². The average Bonchev–Trinajstić information content (AvgIpc) is 2.68. The van der Waals surface area contributed by atoms with Crippen LogP contribution in [0.5, 0.6) is 11.5 Å². The van der Waals surface area contributed by atoms with Gasteiger partial charge < -0.3 is 14.5 Å². The van der Waals surface area contributed by atoms with E-state index in [1.54, 1.807) is 26.5 Å². The Kier molecular flexibility index (Phi) is 6.48. The van der Waals surface area contributed by atoms with Gasteiger partial charge in [0.15, 0.2) is 0 Å². The first kappa shape index (κ1) is 20.5. The highest BCUT2D eigenvalue weighted by atomic mass is 79.9. The maximum Gasteiger partial charge on any atom is 0.345 e. The lowest BCUT2D eigenvalue weighted by molar-refractivity contribution is 0.418. The zero-order valence-corrected chi connectivity index (χ0v) is 18.6. The monoisotopic (exact) mass is 526 g/mol. The summed E-state index contributed by atoms with van der Waals surface area (Å²) in [7, 11) is 3.15. The van der Waals surface area contributed by atoms with Gasteiger partial charge in [-0.05, 0) is 35.9 Å². The van der Waals surface area contributed by atoms with Crippen LogP contribution in [-0.4, -0.2) is 34.2 Å². The van der Waals surface area contributed by atoms with Crippen LogP contribution >= 0.6 is 43.5 Å². The molecule has 0 atom stereocenters. The Morgan fingerprint density at radius 1 is 0.929 bits per heavy atom. The fourth-order valence-corrected chi connectivity index (χ4v) is 3.52. The first-order valence-electron chi connectivity index (χ1n) is 7.79. The van der Waals surface area contributed by atoms with Crippen LogP contribution in [0.1, 0.15) is 0 Å². The number of nitrogens with zero attached hydrogens (tertiary/aromatic N) is 3. The summed E-state index contributed by atoms with van der Waals surface area (Å²) in [6, 6.07) is 7.40. The predicted octanol–water partition coefficient (Wildman–Crippen LogP) is 4.75. The molecule has 10 heteroatoms. The number of ether oxygens (including phenoxy) is 2. The van der Waals surface area contributed by atoms with E-state index in [2.05, 4.69) is 51.8 Å². The number of nitrogens with one attached hydrogen (secondary N) is 1. The summed E-state index contributed by atoms with van der Waals surface area (Å²) in [5, 5.41) is 1.94. The molecule has 0 aliphatic rings. The lowest BCUT2D eigenvalue weighted by Gasteiger charge is -2.04. The van der Waals surface area contributed by atoms with Crippen molar-refractivity contribution in [1.82, 2.24) is 19.9 Å². The molecule has 1 N–H and O–H groups in total.